The molecule has 1 aromatic heterocycles. The molecule has 2 aromatic rings. The Morgan fingerprint density at radius 1 is 1.58 bits per heavy atom. The van der Waals surface area contributed by atoms with Crippen molar-refractivity contribution in [1.29, 1.82) is 0 Å². The Bertz CT molecular complexity index is 680. The molecular weight excluding hydrogens is 273 g/mol. The van der Waals surface area contributed by atoms with Crippen molar-refractivity contribution in [3.8, 4) is 0 Å². The van der Waals surface area contributed by atoms with Crippen LogP contribution in [0.5, 0.6) is 0 Å². The third-order valence-electron chi connectivity index (χ3n) is 2.50. The number of carbonyl (C=O) groups is 1. The third-order valence-corrected chi connectivity index (χ3v) is 3.58. The number of aromatic amines is 1. The van der Waals surface area contributed by atoms with Crippen LogP contribution in [-0.4, -0.2) is 25.8 Å². The fourth-order valence-electron chi connectivity index (χ4n) is 1.48. The number of halogens is 1. The summed E-state index contributed by atoms with van der Waals surface area (Å²) in [6.45, 7) is 0. The van der Waals surface area contributed by atoms with Crippen LogP contribution in [0.15, 0.2) is 28.2 Å². The number of aromatic carboxylic acids is 1. The summed E-state index contributed by atoms with van der Waals surface area (Å²) in [5, 5.41) is 15.5. The zero-order valence-corrected chi connectivity index (χ0v) is 10.7. The number of hydrogen-bond donors (Lipinski definition) is 2. The fraction of sp³-hybridized carbons (Fsp3) is 0.182. The van der Waals surface area contributed by atoms with E-state index in [4.69, 9.17) is 5.11 Å². The number of aromatic nitrogens is 3. The van der Waals surface area contributed by atoms with Gasteiger partial charge >= 0.3 is 11.7 Å². The number of hydrogen-bond acceptors (Lipinski definition) is 4. The van der Waals surface area contributed by atoms with Crippen LogP contribution in [-0.2, 0) is 12.8 Å². The molecule has 0 saturated carbocycles. The maximum Gasteiger partial charge on any atom is 0.343 e. The molecule has 0 aliphatic rings. The van der Waals surface area contributed by atoms with Gasteiger partial charge in [-0.1, -0.05) is 17.8 Å². The highest BCUT2D eigenvalue weighted by molar-refractivity contribution is 7.98. The molecule has 0 saturated heterocycles. The smallest absolute Gasteiger partial charge is 0.343 e. The molecule has 19 heavy (non-hydrogen) atoms. The van der Waals surface area contributed by atoms with Gasteiger partial charge in [-0.05, 0) is 17.7 Å². The topological polar surface area (TPSA) is 88.0 Å². The van der Waals surface area contributed by atoms with Crippen LogP contribution in [0, 0.1) is 5.82 Å². The second kappa shape index (κ2) is 5.27. The zero-order chi connectivity index (χ0) is 14.0. The van der Waals surface area contributed by atoms with Crippen molar-refractivity contribution in [3.05, 3.63) is 45.6 Å². The summed E-state index contributed by atoms with van der Waals surface area (Å²) < 4.78 is 14.3. The van der Waals surface area contributed by atoms with Crippen molar-refractivity contribution in [1.82, 2.24) is 14.8 Å². The fourth-order valence-corrected chi connectivity index (χ4v) is 2.40. The molecule has 0 spiro atoms. The van der Waals surface area contributed by atoms with E-state index in [1.807, 2.05) is 0 Å². The van der Waals surface area contributed by atoms with Gasteiger partial charge in [-0.2, -0.15) is 0 Å². The van der Waals surface area contributed by atoms with Crippen molar-refractivity contribution in [3.63, 3.8) is 0 Å². The predicted molar refractivity (Wildman–Crippen MR) is 66.7 cm³/mol. The van der Waals surface area contributed by atoms with E-state index in [1.165, 1.54) is 28.5 Å². The average Bonchev–Trinajstić information content (AvgIpc) is 2.68. The van der Waals surface area contributed by atoms with Crippen LogP contribution in [0.3, 0.4) is 0 Å². The Morgan fingerprint density at radius 2 is 2.32 bits per heavy atom. The molecule has 0 atom stereocenters. The number of carboxylic acid groups (broad SMARTS) is 1. The van der Waals surface area contributed by atoms with Crippen LogP contribution in [0.25, 0.3) is 0 Å². The van der Waals surface area contributed by atoms with Gasteiger partial charge in [0.05, 0.1) is 5.56 Å². The lowest BCUT2D eigenvalue weighted by molar-refractivity contribution is 0.0695. The van der Waals surface area contributed by atoms with Crippen molar-refractivity contribution in [2.75, 3.05) is 0 Å². The summed E-state index contributed by atoms with van der Waals surface area (Å²) in [5.41, 5.74) is 0.0300. The van der Waals surface area contributed by atoms with E-state index in [2.05, 4.69) is 10.2 Å². The first-order chi connectivity index (χ1) is 8.99. The molecule has 0 aliphatic carbocycles. The molecule has 1 heterocycles. The maximum absolute atomic E-state index is 13.0. The highest BCUT2D eigenvalue weighted by Crippen LogP contribution is 2.22. The second-order valence-electron chi connectivity index (χ2n) is 3.77. The van der Waals surface area contributed by atoms with Crippen LogP contribution in [0.1, 0.15) is 15.9 Å². The van der Waals surface area contributed by atoms with E-state index in [1.54, 1.807) is 7.05 Å². The van der Waals surface area contributed by atoms with Crippen LogP contribution >= 0.6 is 11.8 Å². The van der Waals surface area contributed by atoms with Gasteiger partial charge in [0.1, 0.15) is 5.82 Å². The van der Waals surface area contributed by atoms with E-state index in [9.17, 15) is 14.0 Å². The Labute approximate surface area is 111 Å². The van der Waals surface area contributed by atoms with E-state index in [0.717, 1.165) is 6.07 Å². The van der Waals surface area contributed by atoms with Crippen molar-refractivity contribution < 1.29 is 14.3 Å². The van der Waals surface area contributed by atoms with E-state index in [0.29, 0.717) is 10.7 Å². The highest BCUT2D eigenvalue weighted by Gasteiger charge is 2.13. The minimum Gasteiger partial charge on any atom is -0.478 e. The van der Waals surface area contributed by atoms with Gasteiger partial charge in [-0.15, -0.1) is 5.10 Å². The van der Waals surface area contributed by atoms with Gasteiger partial charge in [0.25, 0.3) is 0 Å². The molecule has 6 nitrogen and oxygen atoms in total. The van der Waals surface area contributed by atoms with Crippen LogP contribution < -0.4 is 5.69 Å². The van der Waals surface area contributed by atoms with E-state index in [-0.39, 0.29) is 17.0 Å². The van der Waals surface area contributed by atoms with Crippen LogP contribution in [0.4, 0.5) is 4.39 Å². The minimum atomic E-state index is -1.19. The molecule has 2 N–H and O–H groups in total. The van der Waals surface area contributed by atoms with Crippen molar-refractivity contribution >= 4 is 17.7 Å². The summed E-state index contributed by atoms with van der Waals surface area (Å²) in [4.78, 5) is 22.2. The average molecular weight is 283 g/mol. The molecule has 0 amide bonds. The Morgan fingerprint density at radius 3 is 2.89 bits per heavy atom. The van der Waals surface area contributed by atoms with Gasteiger partial charge < -0.3 is 5.11 Å². The highest BCUT2D eigenvalue weighted by atomic mass is 32.2. The standard InChI is InChI=1S/C11H10FN3O3S/c1-15-10(18)13-14-11(15)19-5-6-2-3-7(12)4-8(6)9(16)17/h2-4H,5H2,1H3,(H,13,18)(H,16,17). The number of benzene rings is 1. The molecule has 0 radical (unpaired) electrons. The first kappa shape index (κ1) is 13.3. The largest absolute Gasteiger partial charge is 0.478 e. The normalized spacial score (nSPS) is 10.6. The lowest BCUT2D eigenvalue weighted by atomic mass is 10.1. The zero-order valence-electron chi connectivity index (χ0n) is 9.88. The number of rotatable bonds is 4. The molecule has 0 unspecified atom stereocenters. The van der Waals surface area contributed by atoms with Gasteiger partial charge in [0, 0.05) is 12.8 Å². The Balaban J connectivity index is 2.22. The van der Waals surface area contributed by atoms with Crippen molar-refractivity contribution in [2.45, 2.75) is 10.9 Å². The number of thioether (sulfide) groups is 1. The Hall–Kier alpha value is -2.09. The van der Waals surface area contributed by atoms with Crippen LogP contribution in [0.2, 0.25) is 0 Å². The first-order valence-corrected chi connectivity index (χ1v) is 6.23. The van der Waals surface area contributed by atoms with Gasteiger partial charge in [-0.3, -0.25) is 4.57 Å². The van der Waals surface area contributed by atoms with Gasteiger partial charge in [0.2, 0.25) is 0 Å². The molecule has 0 bridgehead atoms. The van der Waals surface area contributed by atoms with E-state index >= 15 is 0 Å². The van der Waals surface area contributed by atoms with Gasteiger partial charge in [-0.25, -0.2) is 19.1 Å². The molecule has 100 valence electrons. The predicted octanol–water partition coefficient (Wildman–Crippen LogP) is 1.24. The van der Waals surface area contributed by atoms with Gasteiger partial charge in [0.15, 0.2) is 5.16 Å². The first-order valence-electron chi connectivity index (χ1n) is 5.25. The number of nitrogens with zero attached hydrogens (tertiary/aromatic N) is 2. The minimum absolute atomic E-state index is 0.0898. The molecular formula is C11H10FN3O3S. The molecule has 0 aliphatic heterocycles. The summed E-state index contributed by atoms with van der Waals surface area (Å²) in [6.07, 6.45) is 0. The van der Waals surface area contributed by atoms with Crippen molar-refractivity contribution in [2.24, 2.45) is 7.05 Å². The summed E-state index contributed by atoms with van der Waals surface area (Å²) in [7, 11) is 1.55. The quantitative estimate of drug-likeness (QED) is 0.824. The lowest BCUT2D eigenvalue weighted by Gasteiger charge is -2.05. The molecule has 1 aromatic carbocycles. The molecule has 2 rings (SSSR count). The van der Waals surface area contributed by atoms with E-state index < -0.39 is 11.8 Å². The Kier molecular flexibility index (Phi) is 3.70. The summed E-state index contributed by atoms with van der Waals surface area (Å²) in [6, 6.07) is 3.59. The number of nitrogens with one attached hydrogen (secondary N) is 1. The molecule has 0 fully saturated rings. The number of H-pyrrole nitrogens is 1. The number of carboxylic acids is 1. The summed E-state index contributed by atoms with van der Waals surface area (Å²) in [5.74, 6) is -1.51. The third kappa shape index (κ3) is 2.84. The summed E-state index contributed by atoms with van der Waals surface area (Å²) >= 11 is 1.19. The maximum atomic E-state index is 13.0. The lowest BCUT2D eigenvalue weighted by Crippen LogP contribution is -2.13. The monoisotopic (exact) mass is 283 g/mol. The SMILES string of the molecule is Cn1c(SCc2ccc(F)cc2C(=O)O)n[nH]c1=O. The molecule has 8 heteroatoms. The second-order valence-corrected chi connectivity index (χ2v) is 4.71.